The zero-order valence-corrected chi connectivity index (χ0v) is 10.3. The monoisotopic (exact) mass is 237 g/mol. The van der Waals surface area contributed by atoms with Crippen molar-refractivity contribution < 1.29 is 9.13 Å². The lowest BCUT2D eigenvalue weighted by molar-refractivity contribution is 0.307. The summed E-state index contributed by atoms with van der Waals surface area (Å²) in [6.07, 6.45) is 6.12. The van der Waals surface area contributed by atoms with Crippen LogP contribution in [0.25, 0.3) is 0 Å². The maximum atomic E-state index is 13.6. The minimum atomic E-state index is -0.323. The second kappa shape index (κ2) is 5.50. The Hall–Kier alpha value is -1.09. The van der Waals surface area contributed by atoms with Crippen LogP contribution in [-0.4, -0.2) is 7.11 Å². The Morgan fingerprint density at radius 1 is 1.29 bits per heavy atom. The highest BCUT2D eigenvalue weighted by Crippen LogP contribution is 2.33. The normalized spacial score (nSPS) is 19.0. The molecule has 1 aromatic rings. The van der Waals surface area contributed by atoms with E-state index in [0.29, 0.717) is 5.92 Å². The third-order valence-electron chi connectivity index (χ3n) is 3.72. The second-order valence-corrected chi connectivity index (χ2v) is 4.82. The van der Waals surface area contributed by atoms with Crippen molar-refractivity contribution in [2.75, 3.05) is 7.11 Å². The van der Waals surface area contributed by atoms with Gasteiger partial charge in [0.05, 0.1) is 7.11 Å². The zero-order chi connectivity index (χ0) is 12.3. The number of hydrogen-bond acceptors (Lipinski definition) is 2. The molecule has 0 unspecified atom stereocenters. The van der Waals surface area contributed by atoms with Crippen LogP contribution in [0.4, 0.5) is 4.39 Å². The van der Waals surface area contributed by atoms with Gasteiger partial charge in [-0.3, -0.25) is 0 Å². The molecule has 0 bridgehead atoms. The molecule has 0 aliphatic heterocycles. The van der Waals surface area contributed by atoms with Gasteiger partial charge in [-0.1, -0.05) is 25.3 Å². The third-order valence-corrected chi connectivity index (χ3v) is 3.72. The summed E-state index contributed by atoms with van der Waals surface area (Å²) in [5, 5.41) is 0. The number of hydrogen-bond donors (Lipinski definition) is 1. The molecule has 2 nitrogen and oxygen atoms in total. The van der Waals surface area contributed by atoms with Crippen molar-refractivity contribution in [3.63, 3.8) is 0 Å². The fraction of sp³-hybridized carbons (Fsp3) is 0.571. The molecule has 1 saturated carbocycles. The summed E-state index contributed by atoms with van der Waals surface area (Å²) in [6, 6.07) is 5.00. The molecule has 2 rings (SSSR count). The first-order valence-electron chi connectivity index (χ1n) is 6.31. The minimum Gasteiger partial charge on any atom is -0.494 e. The quantitative estimate of drug-likeness (QED) is 0.874. The van der Waals surface area contributed by atoms with Crippen molar-refractivity contribution in [1.29, 1.82) is 0 Å². The lowest BCUT2D eigenvalue weighted by atomic mass is 9.81. The second-order valence-electron chi connectivity index (χ2n) is 4.82. The third kappa shape index (κ3) is 2.78. The van der Waals surface area contributed by atoms with Gasteiger partial charge in [0.15, 0.2) is 11.6 Å². The Kier molecular flexibility index (Phi) is 4.00. The van der Waals surface area contributed by atoms with Gasteiger partial charge in [0.2, 0.25) is 0 Å². The van der Waals surface area contributed by atoms with Crippen LogP contribution >= 0.6 is 0 Å². The van der Waals surface area contributed by atoms with Crippen LogP contribution in [-0.2, 0) is 0 Å². The number of halogens is 1. The molecular formula is C14H20FNO. The summed E-state index contributed by atoms with van der Waals surface area (Å²) >= 11 is 0. The van der Waals surface area contributed by atoms with Gasteiger partial charge < -0.3 is 10.5 Å². The van der Waals surface area contributed by atoms with Gasteiger partial charge in [0.25, 0.3) is 0 Å². The number of ether oxygens (including phenoxy) is 1. The van der Waals surface area contributed by atoms with E-state index in [1.54, 1.807) is 6.07 Å². The Morgan fingerprint density at radius 3 is 2.59 bits per heavy atom. The minimum absolute atomic E-state index is 0.0456. The molecule has 0 heterocycles. The van der Waals surface area contributed by atoms with Crippen molar-refractivity contribution in [2.45, 2.75) is 38.1 Å². The lowest BCUT2D eigenvalue weighted by Gasteiger charge is -2.27. The average Bonchev–Trinajstić information content (AvgIpc) is 2.39. The molecule has 1 aliphatic carbocycles. The molecule has 0 aromatic heterocycles. The SMILES string of the molecule is COc1ccc([C@H](N)C2CCCCC2)cc1F. The van der Waals surface area contributed by atoms with E-state index in [1.165, 1.54) is 32.4 Å². The highest BCUT2D eigenvalue weighted by molar-refractivity contribution is 5.31. The van der Waals surface area contributed by atoms with Crippen molar-refractivity contribution in [3.05, 3.63) is 29.6 Å². The maximum Gasteiger partial charge on any atom is 0.165 e. The van der Waals surface area contributed by atoms with Crippen LogP contribution in [0.1, 0.15) is 43.7 Å². The van der Waals surface area contributed by atoms with Gasteiger partial charge in [0, 0.05) is 6.04 Å². The Labute approximate surface area is 102 Å². The number of methoxy groups -OCH3 is 1. The predicted octanol–water partition coefficient (Wildman–Crippen LogP) is 3.41. The van der Waals surface area contributed by atoms with E-state index in [1.807, 2.05) is 6.07 Å². The average molecular weight is 237 g/mol. The molecule has 1 aliphatic rings. The Morgan fingerprint density at radius 2 is 2.00 bits per heavy atom. The van der Waals surface area contributed by atoms with E-state index in [9.17, 15) is 4.39 Å². The predicted molar refractivity (Wildman–Crippen MR) is 66.5 cm³/mol. The van der Waals surface area contributed by atoms with Crippen molar-refractivity contribution in [2.24, 2.45) is 11.7 Å². The molecule has 0 spiro atoms. The molecule has 17 heavy (non-hydrogen) atoms. The first-order chi connectivity index (χ1) is 8.22. The molecule has 1 aromatic carbocycles. The first kappa shape index (κ1) is 12.4. The van der Waals surface area contributed by atoms with E-state index in [2.05, 4.69) is 0 Å². The molecule has 3 heteroatoms. The summed E-state index contributed by atoms with van der Waals surface area (Å²) in [5.41, 5.74) is 7.11. The largest absolute Gasteiger partial charge is 0.494 e. The summed E-state index contributed by atoms with van der Waals surface area (Å²) in [4.78, 5) is 0. The standard InChI is InChI=1S/C14H20FNO/c1-17-13-8-7-11(9-12(13)15)14(16)10-5-3-2-4-6-10/h7-10,14H,2-6,16H2,1H3/t14-/m1/s1. The number of benzene rings is 1. The Balaban J connectivity index is 2.12. The van der Waals surface area contributed by atoms with Gasteiger partial charge >= 0.3 is 0 Å². The maximum absolute atomic E-state index is 13.6. The van der Waals surface area contributed by atoms with E-state index < -0.39 is 0 Å². The lowest BCUT2D eigenvalue weighted by Crippen LogP contribution is -2.23. The molecule has 1 fully saturated rings. The molecule has 2 N–H and O–H groups in total. The van der Waals surface area contributed by atoms with E-state index in [-0.39, 0.29) is 17.6 Å². The summed E-state index contributed by atoms with van der Waals surface area (Å²) in [7, 11) is 1.47. The first-order valence-corrected chi connectivity index (χ1v) is 6.31. The number of rotatable bonds is 3. The summed E-state index contributed by atoms with van der Waals surface area (Å²) in [6.45, 7) is 0. The van der Waals surface area contributed by atoms with Gasteiger partial charge in [-0.15, -0.1) is 0 Å². The van der Waals surface area contributed by atoms with E-state index >= 15 is 0 Å². The Bertz CT molecular complexity index is 374. The van der Waals surface area contributed by atoms with Crippen LogP contribution in [0.2, 0.25) is 0 Å². The summed E-state index contributed by atoms with van der Waals surface area (Å²) < 4.78 is 18.5. The van der Waals surface area contributed by atoms with Crippen LogP contribution in [0.15, 0.2) is 18.2 Å². The van der Waals surface area contributed by atoms with E-state index in [4.69, 9.17) is 10.5 Å². The number of nitrogens with two attached hydrogens (primary N) is 1. The van der Waals surface area contributed by atoms with Crippen molar-refractivity contribution >= 4 is 0 Å². The highest BCUT2D eigenvalue weighted by Gasteiger charge is 2.22. The zero-order valence-electron chi connectivity index (χ0n) is 10.3. The van der Waals surface area contributed by atoms with Crippen LogP contribution in [0.5, 0.6) is 5.75 Å². The van der Waals surface area contributed by atoms with Gasteiger partial charge in [-0.2, -0.15) is 0 Å². The van der Waals surface area contributed by atoms with Crippen molar-refractivity contribution in [3.8, 4) is 5.75 Å². The molecular weight excluding hydrogens is 217 g/mol. The molecule has 0 saturated heterocycles. The van der Waals surface area contributed by atoms with Crippen LogP contribution in [0.3, 0.4) is 0 Å². The van der Waals surface area contributed by atoms with E-state index in [0.717, 1.165) is 18.4 Å². The molecule has 1 atom stereocenters. The summed E-state index contributed by atoms with van der Waals surface area (Å²) in [5.74, 6) is 0.456. The van der Waals surface area contributed by atoms with Crippen LogP contribution < -0.4 is 10.5 Å². The highest BCUT2D eigenvalue weighted by atomic mass is 19.1. The van der Waals surface area contributed by atoms with Gasteiger partial charge in [-0.05, 0) is 36.5 Å². The van der Waals surface area contributed by atoms with Crippen LogP contribution in [0, 0.1) is 11.7 Å². The fourth-order valence-electron chi connectivity index (χ4n) is 2.66. The van der Waals surface area contributed by atoms with Crippen molar-refractivity contribution in [1.82, 2.24) is 0 Å². The fourth-order valence-corrected chi connectivity index (χ4v) is 2.66. The molecule has 0 radical (unpaired) electrons. The molecule has 0 amide bonds. The van der Waals surface area contributed by atoms with Gasteiger partial charge in [-0.25, -0.2) is 4.39 Å². The topological polar surface area (TPSA) is 35.2 Å². The molecule has 94 valence electrons. The van der Waals surface area contributed by atoms with Gasteiger partial charge in [0.1, 0.15) is 0 Å². The smallest absolute Gasteiger partial charge is 0.165 e.